The van der Waals surface area contributed by atoms with Crippen molar-refractivity contribution < 1.29 is 8.42 Å². The average molecular weight is 272 g/mol. The number of thiocarbonyl (C=S) groups is 1. The molecule has 0 aromatic heterocycles. The second kappa shape index (κ2) is 5.57. The minimum Gasteiger partial charge on any atom is -0.392 e. The molecule has 1 rings (SSSR count). The standard InChI is InChI=1S/C11H16N2O2S2/c1-3-13(8-11(12)16)17(14,15)10-6-4-9(2)5-7-10/h4-7H,3,8H2,1-2H3,(H2,12,16). The molecule has 4 nitrogen and oxygen atoms in total. The normalized spacial score (nSPS) is 11.7. The Morgan fingerprint density at radius 1 is 1.35 bits per heavy atom. The Morgan fingerprint density at radius 3 is 2.29 bits per heavy atom. The zero-order chi connectivity index (χ0) is 13.1. The van der Waals surface area contributed by atoms with Crippen LogP contribution < -0.4 is 5.73 Å². The van der Waals surface area contributed by atoms with Crippen molar-refractivity contribution in [3.05, 3.63) is 29.8 Å². The lowest BCUT2D eigenvalue weighted by molar-refractivity contribution is 0.468. The van der Waals surface area contributed by atoms with E-state index in [2.05, 4.69) is 0 Å². The van der Waals surface area contributed by atoms with Gasteiger partial charge in [0.05, 0.1) is 16.4 Å². The average Bonchev–Trinajstić information content (AvgIpc) is 2.26. The Kier molecular flexibility index (Phi) is 4.62. The summed E-state index contributed by atoms with van der Waals surface area (Å²) in [5.74, 6) is 0. The Hall–Kier alpha value is -0.980. The Balaban J connectivity index is 3.08. The summed E-state index contributed by atoms with van der Waals surface area (Å²) in [6, 6.07) is 6.71. The lowest BCUT2D eigenvalue weighted by atomic mass is 10.2. The fraction of sp³-hybridized carbons (Fsp3) is 0.364. The van der Waals surface area contributed by atoms with E-state index in [-0.39, 0.29) is 16.4 Å². The third-order valence-electron chi connectivity index (χ3n) is 2.34. The van der Waals surface area contributed by atoms with Crippen molar-refractivity contribution >= 4 is 27.2 Å². The quantitative estimate of drug-likeness (QED) is 0.820. The zero-order valence-electron chi connectivity index (χ0n) is 9.88. The molecule has 1 aromatic rings. The van der Waals surface area contributed by atoms with E-state index in [0.29, 0.717) is 6.54 Å². The molecule has 0 aliphatic carbocycles. The Bertz CT molecular complexity index is 495. The van der Waals surface area contributed by atoms with Crippen molar-refractivity contribution in [3.63, 3.8) is 0 Å². The van der Waals surface area contributed by atoms with E-state index >= 15 is 0 Å². The topological polar surface area (TPSA) is 63.4 Å². The molecule has 0 aliphatic rings. The predicted octanol–water partition coefficient (Wildman–Crippen LogP) is 1.29. The molecule has 94 valence electrons. The van der Waals surface area contributed by atoms with Gasteiger partial charge in [0, 0.05) is 6.54 Å². The SMILES string of the molecule is CCN(CC(N)=S)S(=O)(=O)c1ccc(C)cc1. The monoisotopic (exact) mass is 272 g/mol. The van der Waals surface area contributed by atoms with Crippen LogP contribution in [0.5, 0.6) is 0 Å². The molecule has 0 heterocycles. The summed E-state index contributed by atoms with van der Waals surface area (Å²) in [5, 5.41) is 0. The van der Waals surface area contributed by atoms with E-state index in [1.807, 2.05) is 6.92 Å². The van der Waals surface area contributed by atoms with E-state index < -0.39 is 10.0 Å². The molecule has 0 bridgehead atoms. The van der Waals surface area contributed by atoms with Gasteiger partial charge >= 0.3 is 0 Å². The summed E-state index contributed by atoms with van der Waals surface area (Å²) in [5.41, 5.74) is 6.41. The van der Waals surface area contributed by atoms with Crippen molar-refractivity contribution in [1.82, 2.24) is 4.31 Å². The maximum absolute atomic E-state index is 12.2. The number of hydrogen-bond donors (Lipinski definition) is 1. The van der Waals surface area contributed by atoms with Crippen LogP contribution in [0.1, 0.15) is 12.5 Å². The molecule has 0 radical (unpaired) electrons. The van der Waals surface area contributed by atoms with E-state index in [4.69, 9.17) is 18.0 Å². The van der Waals surface area contributed by atoms with Crippen molar-refractivity contribution in [1.29, 1.82) is 0 Å². The molecule has 0 saturated carbocycles. The molecule has 0 atom stereocenters. The van der Waals surface area contributed by atoms with Crippen LogP contribution in [-0.4, -0.2) is 30.8 Å². The summed E-state index contributed by atoms with van der Waals surface area (Å²) in [7, 11) is -3.50. The summed E-state index contributed by atoms with van der Waals surface area (Å²) in [6.07, 6.45) is 0. The highest BCUT2D eigenvalue weighted by atomic mass is 32.2. The van der Waals surface area contributed by atoms with Gasteiger partial charge in [-0.25, -0.2) is 8.42 Å². The smallest absolute Gasteiger partial charge is 0.243 e. The molecule has 2 N–H and O–H groups in total. The van der Waals surface area contributed by atoms with Crippen molar-refractivity contribution in [2.24, 2.45) is 5.73 Å². The molecule has 0 spiro atoms. The first kappa shape index (κ1) is 14.1. The van der Waals surface area contributed by atoms with Gasteiger partial charge < -0.3 is 5.73 Å². The molecule has 1 aromatic carbocycles. The Morgan fingerprint density at radius 2 is 1.88 bits per heavy atom. The van der Waals surface area contributed by atoms with Crippen LogP contribution in [0, 0.1) is 6.92 Å². The lowest BCUT2D eigenvalue weighted by Gasteiger charge is -2.19. The first-order chi connectivity index (χ1) is 7.87. The maximum Gasteiger partial charge on any atom is 0.243 e. The molecule has 0 fully saturated rings. The lowest BCUT2D eigenvalue weighted by Crippen LogP contribution is -2.37. The van der Waals surface area contributed by atoms with E-state index in [0.717, 1.165) is 5.56 Å². The molecule has 0 unspecified atom stereocenters. The van der Waals surface area contributed by atoms with Crippen LogP contribution in [0.3, 0.4) is 0 Å². The van der Waals surface area contributed by atoms with Gasteiger partial charge in [-0.1, -0.05) is 36.8 Å². The fourth-order valence-electron chi connectivity index (χ4n) is 1.40. The minimum atomic E-state index is -3.50. The summed E-state index contributed by atoms with van der Waals surface area (Å²) < 4.78 is 25.7. The molecular formula is C11H16N2O2S2. The molecule has 0 saturated heterocycles. The van der Waals surface area contributed by atoms with Crippen molar-refractivity contribution in [3.8, 4) is 0 Å². The third kappa shape index (κ3) is 3.49. The summed E-state index contributed by atoms with van der Waals surface area (Å²) >= 11 is 4.75. The number of aryl methyl sites for hydroxylation is 1. The van der Waals surface area contributed by atoms with Crippen LogP contribution in [0.15, 0.2) is 29.2 Å². The number of benzene rings is 1. The van der Waals surface area contributed by atoms with Gasteiger partial charge in [-0.2, -0.15) is 4.31 Å². The summed E-state index contributed by atoms with van der Waals surface area (Å²) in [4.78, 5) is 0.434. The van der Waals surface area contributed by atoms with Gasteiger partial charge in [0.1, 0.15) is 0 Å². The van der Waals surface area contributed by atoms with Gasteiger partial charge in [-0.15, -0.1) is 0 Å². The molecule has 0 amide bonds. The van der Waals surface area contributed by atoms with Gasteiger partial charge in [-0.3, -0.25) is 0 Å². The minimum absolute atomic E-state index is 0.0715. The van der Waals surface area contributed by atoms with Crippen LogP contribution in [0.4, 0.5) is 0 Å². The van der Waals surface area contributed by atoms with Crippen molar-refractivity contribution in [2.45, 2.75) is 18.7 Å². The van der Waals surface area contributed by atoms with Gasteiger partial charge in [-0.05, 0) is 19.1 Å². The molecule has 17 heavy (non-hydrogen) atoms. The van der Waals surface area contributed by atoms with E-state index in [9.17, 15) is 8.42 Å². The van der Waals surface area contributed by atoms with Crippen LogP contribution in [0.25, 0.3) is 0 Å². The van der Waals surface area contributed by atoms with E-state index in [1.165, 1.54) is 4.31 Å². The maximum atomic E-state index is 12.2. The molecule has 0 aliphatic heterocycles. The highest BCUT2D eigenvalue weighted by Gasteiger charge is 2.23. The van der Waals surface area contributed by atoms with Crippen LogP contribution in [-0.2, 0) is 10.0 Å². The van der Waals surface area contributed by atoms with E-state index in [1.54, 1.807) is 31.2 Å². The number of nitrogens with two attached hydrogens (primary N) is 1. The van der Waals surface area contributed by atoms with Crippen LogP contribution in [0.2, 0.25) is 0 Å². The number of sulfonamides is 1. The predicted molar refractivity (Wildman–Crippen MR) is 72.4 cm³/mol. The number of hydrogen-bond acceptors (Lipinski definition) is 3. The second-order valence-electron chi connectivity index (χ2n) is 3.71. The number of nitrogens with zero attached hydrogens (tertiary/aromatic N) is 1. The van der Waals surface area contributed by atoms with Gasteiger partial charge in [0.15, 0.2) is 0 Å². The second-order valence-corrected chi connectivity index (χ2v) is 6.17. The largest absolute Gasteiger partial charge is 0.392 e. The van der Waals surface area contributed by atoms with Gasteiger partial charge in [0.25, 0.3) is 0 Å². The molecule has 6 heteroatoms. The first-order valence-electron chi connectivity index (χ1n) is 5.23. The highest BCUT2D eigenvalue weighted by Crippen LogP contribution is 2.15. The van der Waals surface area contributed by atoms with Crippen molar-refractivity contribution in [2.75, 3.05) is 13.1 Å². The third-order valence-corrected chi connectivity index (χ3v) is 4.41. The first-order valence-corrected chi connectivity index (χ1v) is 7.08. The highest BCUT2D eigenvalue weighted by molar-refractivity contribution is 7.89. The number of rotatable bonds is 5. The van der Waals surface area contributed by atoms with Gasteiger partial charge in [0.2, 0.25) is 10.0 Å². The summed E-state index contributed by atoms with van der Waals surface area (Å²) in [6.45, 7) is 4.07. The Labute approximate surface area is 107 Å². The zero-order valence-corrected chi connectivity index (χ0v) is 11.5. The number of likely N-dealkylation sites (N-methyl/N-ethyl adjacent to an activating group) is 1. The molecular weight excluding hydrogens is 256 g/mol. The van der Waals surface area contributed by atoms with Crippen LogP contribution >= 0.6 is 12.2 Å². The fourth-order valence-corrected chi connectivity index (χ4v) is 3.06.